The molecular weight excluding hydrogens is 478 g/mol. The Balaban J connectivity index is 0.000000648. The van der Waals surface area contributed by atoms with Crippen molar-refractivity contribution in [2.45, 2.75) is 137 Å². The summed E-state index contributed by atoms with van der Waals surface area (Å²) in [7, 11) is 0. The van der Waals surface area contributed by atoms with E-state index in [1.165, 1.54) is 30.4 Å². The second-order valence-corrected chi connectivity index (χ2v) is 13.8. The van der Waals surface area contributed by atoms with Crippen LogP contribution in [0.4, 0.5) is 0 Å². The Hall–Kier alpha value is -1.97. The number of hydrogen-bond donors (Lipinski definition) is 2. The molecule has 1 aromatic heterocycles. The Labute approximate surface area is 238 Å². The predicted molar refractivity (Wildman–Crippen MR) is 164 cm³/mol. The van der Waals surface area contributed by atoms with Crippen molar-refractivity contribution < 1.29 is 10.2 Å². The maximum atomic E-state index is 11.9. The van der Waals surface area contributed by atoms with Crippen LogP contribution in [-0.4, -0.2) is 15.2 Å². The number of hydrogen-bond acceptors (Lipinski definition) is 3. The molecule has 1 fully saturated rings. The molecule has 0 spiro atoms. The van der Waals surface area contributed by atoms with Gasteiger partial charge in [0, 0.05) is 22.7 Å². The first kappa shape index (κ1) is 30.0. The zero-order chi connectivity index (χ0) is 28.3. The van der Waals surface area contributed by atoms with Gasteiger partial charge in [-0.1, -0.05) is 98.1 Å². The number of benzene rings is 1. The second kappa shape index (κ2) is 12.7. The molecule has 0 aliphatic heterocycles. The summed E-state index contributed by atoms with van der Waals surface area (Å²) in [5, 5.41) is 23.4. The van der Waals surface area contributed by atoms with Crippen LogP contribution in [0.3, 0.4) is 0 Å². The number of aromatic nitrogens is 1. The third kappa shape index (κ3) is 6.85. The molecular formula is C36H53NO2. The maximum absolute atomic E-state index is 11.9. The van der Waals surface area contributed by atoms with Gasteiger partial charge in [-0.2, -0.15) is 0 Å². The summed E-state index contributed by atoms with van der Waals surface area (Å²) < 4.78 is 0. The van der Waals surface area contributed by atoms with Gasteiger partial charge in [0.1, 0.15) is 6.10 Å². The molecule has 3 nitrogen and oxygen atoms in total. The van der Waals surface area contributed by atoms with E-state index in [1.807, 2.05) is 0 Å². The van der Waals surface area contributed by atoms with E-state index >= 15 is 0 Å². The molecule has 0 radical (unpaired) electrons. The van der Waals surface area contributed by atoms with Crippen molar-refractivity contribution >= 4 is 5.57 Å². The molecule has 5 rings (SSSR count). The van der Waals surface area contributed by atoms with Gasteiger partial charge in [-0.25, -0.2) is 0 Å². The molecule has 2 aromatic rings. The topological polar surface area (TPSA) is 53.4 Å². The van der Waals surface area contributed by atoms with Gasteiger partial charge < -0.3 is 10.2 Å². The molecule has 1 heterocycles. The van der Waals surface area contributed by atoms with E-state index in [1.54, 1.807) is 0 Å². The molecule has 39 heavy (non-hydrogen) atoms. The van der Waals surface area contributed by atoms with Crippen LogP contribution in [0.25, 0.3) is 5.57 Å². The van der Waals surface area contributed by atoms with Crippen molar-refractivity contribution in [1.82, 2.24) is 4.98 Å². The van der Waals surface area contributed by atoms with E-state index in [0.29, 0.717) is 11.8 Å². The van der Waals surface area contributed by atoms with Gasteiger partial charge in [0.2, 0.25) is 0 Å². The zero-order valence-corrected chi connectivity index (χ0v) is 25.7. The number of fused-ring (bicyclic) bond motifs is 1. The average molecular weight is 532 g/mol. The molecule has 3 heteroatoms. The Morgan fingerprint density at radius 2 is 1.59 bits per heavy atom. The van der Waals surface area contributed by atoms with Crippen molar-refractivity contribution in [2.75, 3.05) is 0 Å². The van der Waals surface area contributed by atoms with Gasteiger partial charge in [0.05, 0.1) is 11.8 Å². The minimum atomic E-state index is -0.728. The molecule has 0 amide bonds. The molecule has 214 valence electrons. The number of allylic oxidation sites excluding steroid dienone is 2. The Kier molecular flexibility index (Phi) is 9.76. The Morgan fingerprint density at radius 1 is 0.974 bits per heavy atom. The summed E-state index contributed by atoms with van der Waals surface area (Å²) in [5.74, 6) is 1.74. The summed E-state index contributed by atoms with van der Waals surface area (Å²) in [6.07, 6.45) is 12.0. The summed E-state index contributed by atoms with van der Waals surface area (Å²) in [4.78, 5) is 5.32. The van der Waals surface area contributed by atoms with E-state index in [0.717, 1.165) is 84.5 Å². The first-order chi connectivity index (χ1) is 18.5. The third-order valence-corrected chi connectivity index (χ3v) is 9.22. The first-order valence-electron chi connectivity index (χ1n) is 15.7. The molecule has 0 saturated heterocycles. The number of aliphatic hydroxyl groups excluding tert-OH is 2. The summed E-state index contributed by atoms with van der Waals surface area (Å²) in [6.45, 7) is 15.5. The van der Waals surface area contributed by atoms with Crippen LogP contribution in [0.5, 0.6) is 0 Å². The van der Waals surface area contributed by atoms with E-state index in [-0.39, 0.29) is 5.41 Å². The number of rotatable bonds is 6. The van der Waals surface area contributed by atoms with Crippen LogP contribution in [-0.2, 0) is 6.42 Å². The van der Waals surface area contributed by atoms with Crippen LogP contribution in [0.15, 0.2) is 30.3 Å². The van der Waals surface area contributed by atoms with Crippen LogP contribution in [0, 0.1) is 11.3 Å². The fourth-order valence-electron chi connectivity index (χ4n) is 6.59. The van der Waals surface area contributed by atoms with Crippen molar-refractivity contribution in [3.63, 3.8) is 0 Å². The van der Waals surface area contributed by atoms with Crippen molar-refractivity contribution in [3.8, 4) is 0 Å². The minimum absolute atomic E-state index is 0.0283. The molecule has 3 aliphatic carbocycles. The highest BCUT2D eigenvalue weighted by Gasteiger charge is 2.39. The molecule has 2 unspecified atom stereocenters. The smallest absolute Gasteiger partial charge is 0.106 e. The zero-order valence-electron chi connectivity index (χ0n) is 25.7. The Morgan fingerprint density at radius 3 is 2.13 bits per heavy atom. The molecule has 2 atom stereocenters. The van der Waals surface area contributed by atoms with E-state index < -0.39 is 12.2 Å². The van der Waals surface area contributed by atoms with Gasteiger partial charge in [0.25, 0.3) is 0 Å². The molecule has 1 aromatic carbocycles. The predicted octanol–water partition coefficient (Wildman–Crippen LogP) is 9.57. The monoisotopic (exact) mass is 531 g/mol. The number of nitrogens with zero attached hydrogens (tertiary/aromatic N) is 1. The van der Waals surface area contributed by atoms with Gasteiger partial charge in [0.15, 0.2) is 0 Å². The largest absolute Gasteiger partial charge is 0.388 e. The molecule has 2 N–H and O–H groups in total. The van der Waals surface area contributed by atoms with E-state index in [9.17, 15) is 10.2 Å². The lowest BCUT2D eigenvalue weighted by atomic mass is 9.71. The summed E-state index contributed by atoms with van der Waals surface area (Å²) >= 11 is 0. The standard InChI is InChI=1S/C31H41NO2.C5H12/c1-19(2)20-13-15-23(16-14-20)30(34)28-26(21-9-5-6-10-21)27-24(17-31(3,4)18-25(27)33)32-29(28)22-11-7-8-12-22;1-4-5(2)3/h9,13-16,19,22,25,30,33-34H,5-8,10-12,17-18H2,1-4H3;5H,4H2,1-3H3. The van der Waals surface area contributed by atoms with Crippen molar-refractivity contribution in [1.29, 1.82) is 0 Å². The lowest BCUT2D eigenvalue weighted by molar-refractivity contribution is 0.0972. The third-order valence-electron chi connectivity index (χ3n) is 9.22. The molecule has 1 saturated carbocycles. The van der Waals surface area contributed by atoms with Crippen molar-refractivity contribution in [3.05, 3.63) is 69.5 Å². The number of aliphatic hydroxyl groups is 2. The quantitative estimate of drug-likeness (QED) is 0.390. The highest BCUT2D eigenvalue weighted by Crippen LogP contribution is 2.50. The van der Waals surface area contributed by atoms with Crippen LogP contribution >= 0.6 is 0 Å². The minimum Gasteiger partial charge on any atom is -0.388 e. The SMILES string of the molecule is CC(C)c1ccc(C(O)c2c(C3CCCC3)nc3c(c2C2=CCCC2)C(O)CC(C)(C)C3)cc1.CCC(C)C. The normalized spacial score (nSPS) is 21.5. The fraction of sp³-hybridized carbons (Fsp3) is 0.639. The number of pyridine rings is 1. The second-order valence-electron chi connectivity index (χ2n) is 13.8. The summed E-state index contributed by atoms with van der Waals surface area (Å²) in [6, 6.07) is 8.47. The van der Waals surface area contributed by atoms with E-state index in [4.69, 9.17) is 4.98 Å². The van der Waals surface area contributed by atoms with Gasteiger partial charge in [-0.3, -0.25) is 4.98 Å². The maximum Gasteiger partial charge on any atom is 0.106 e. The van der Waals surface area contributed by atoms with Crippen LogP contribution in [0.1, 0.15) is 170 Å². The molecule has 3 aliphatic rings. The van der Waals surface area contributed by atoms with E-state index in [2.05, 4.69) is 78.8 Å². The summed E-state index contributed by atoms with van der Waals surface area (Å²) in [5.41, 5.74) is 8.83. The highest BCUT2D eigenvalue weighted by atomic mass is 16.3. The van der Waals surface area contributed by atoms with Gasteiger partial charge in [-0.15, -0.1) is 0 Å². The molecule has 0 bridgehead atoms. The Bertz CT molecular complexity index is 1140. The van der Waals surface area contributed by atoms with Crippen LogP contribution in [0.2, 0.25) is 0 Å². The van der Waals surface area contributed by atoms with Gasteiger partial charge in [-0.05, 0) is 84.5 Å². The average Bonchev–Trinajstić information content (AvgIpc) is 3.62. The van der Waals surface area contributed by atoms with Gasteiger partial charge >= 0.3 is 0 Å². The lowest BCUT2D eigenvalue weighted by Gasteiger charge is -2.38. The first-order valence-corrected chi connectivity index (χ1v) is 15.7. The van der Waals surface area contributed by atoms with Crippen molar-refractivity contribution in [2.24, 2.45) is 11.3 Å². The fourth-order valence-corrected chi connectivity index (χ4v) is 6.59. The van der Waals surface area contributed by atoms with Crippen LogP contribution < -0.4 is 0 Å². The highest BCUT2D eigenvalue weighted by molar-refractivity contribution is 5.75. The lowest BCUT2D eigenvalue weighted by Crippen LogP contribution is -2.29.